The Morgan fingerprint density at radius 3 is 2.56 bits per heavy atom. The second-order valence-corrected chi connectivity index (χ2v) is 9.16. The molecule has 180 valence electrons. The number of methoxy groups -OCH3 is 2. The van der Waals surface area contributed by atoms with Crippen molar-refractivity contribution in [2.75, 3.05) is 32.6 Å². The van der Waals surface area contributed by atoms with Gasteiger partial charge in [-0.3, -0.25) is 9.59 Å². The quantitative estimate of drug-likeness (QED) is 0.541. The Balaban J connectivity index is 1.66. The van der Waals surface area contributed by atoms with Gasteiger partial charge in [-0.1, -0.05) is 25.4 Å². The second-order valence-electron chi connectivity index (χ2n) is 8.73. The Kier molecular flexibility index (Phi) is 6.97. The number of hydrogen-bond donors (Lipinski definition) is 2. The van der Waals surface area contributed by atoms with Gasteiger partial charge in [0.15, 0.2) is 0 Å². The van der Waals surface area contributed by atoms with Crippen molar-refractivity contribution in [2.45, 2.75) is 32.7 Å². The Bertz CT molecular complexity index is 1270. The van der Waals surface area contributed by atoms with Crippen LogP contribution in [-0.4, -0.2) is 54.1 Å². The normalized spacial score (nSPS) is 14.5. The van der Waals surface area contributed by atoms with Gasteiger partial charge >= 0.3 is 0 Å². The number of carbonyl (C=O) groups excluding carboxylic acids is 1. The third kappa shape index (κ3) is 4.82. The number of nitrogens with zero attached hydrogens (tertiary/aromatic N) is 2. The number of aromatic amines is 1. The summed E-state index contributed by atoms with van der Waals surface area (Å²) >= 11 is 6.31. The van der Waals surface area contributed by atoms with Crippen molar-refractivity contribution in [3.8, 4) is 22.9 Å². The number of benzene rings is 2. The number of halogens is 1. The Labute approximate surface area is 203 Å². The van der Waals surface area contributed by atoms with E-state index in [1.54, 1.807) is 25.3 Å². The molecule has 3 aromatic rings. The first-order valence-electron chi connectivity index (χ1n) is 11.3. The number of likely N-dealkylation sites (tertiary alicyclic amines) is 1. The van der Waals surface area contributed by atoms with E-state index in [0.29, 0.717) is 46.3 Å². The van der Waals surface area contributed by atoms with Gasteiger partial charge in [0.05, 0.1) is 19.7 Å². The molecule has 9 heteroatoms. The van der Waals surface area contributed by atoms with Crippen LogP contribution in [0, 0.1) is 5.92 Å². The molecule has 0 unspecified atom stereocenters. The van der Waals surface area contributed by atoms with Crippen LogP contribution >= 0.6 is 11.6 Å². The first-order chi connectivity index (χ1) is 16.3. The van der Waals surface area contributed by atoms with Crippen LogP contribution in [0.2, 0.25) is 5.02 Å². The zero-order valence-corrected chi connectivity index (χ0v) is 20.5. The molecular formula is C25H29ClN4O4. The lowest BCUT2D eigenvalue weighted by atomic mass is 10.0. The highest BCUT2D eigenvalue weighted by atomic mass is 35.5. The molecule has 0 aliphatic carbocycles. The number of piperidine rings is 1. The predicted molar refractivity (Wildman–Crippen MR) is 134 cm³/mol. The number of anilines is 1. The fourth-order valence-electron chi connectivity index (χ4n) is 4.29. The fraction of sp³-hybridized carbons (Fsp3) is 0.400. The predicted octanol–water partition coefficient (Wildman–Crippen LogP) is 4.32. The van der Waals surface area contributed by atoms with Crippen molar-refractivity contribution >= 4 is 34.1 Å². The van der Waals surface area contributed by atoms with Crippen molar-refractivity contribution in [1.29, 1.82) is 0 Å². The smallest absolute Gasteiger partial charge is 0.262 e. The lowest BCUT2D eigenvalue weighted by Gasteiger charge is -2.34. The van der Waals surface area contributed by atoms with E-state index in [2.05, 4.69) is 10.3 Å². The fourth-order valence-corrected chi connectivity index (χ4v) is 4.46. The van der Waals surface area contributed by atoms with Crippen LogP contribution < -0.4 is 20.3 Å². The highest BCUT2D eigenvalue weighted by Gasteiger charge is 2.25. The number of rotatable bonds is 6. The Hall–Kier alpha value is -3.26. The molecule has 0 radical (unpaired) electrons. The third-order valence-corrected chi connectivity index (χ3v) is 6.33. The summed E-state index contributed by atoms with van der Waals surface area (Å²) in [5, 5.41) is 4.49. The minimum Gasteiger partial charge on any atom is -0.497 e. The SMILES string of the molecule is COc1cc(OC)c2c(=O)[nH]c(-c3ccc(Cl)cc3NC3CCN(C(=O)C(C)C)CC3)nc2c1. The first kappa shape index (κ1) is 23.9. The minimum absolute atomic E-state index is 0.00269. The molecule has 0 saturated carbocycles. The van der Waals surface area contributed by atoms with Gasteiger partial charge in [-0.2, -0.15) is 0 Å². The summed E-state index contributed by atoms with van der Waals surface area (Å²) in [4.78, 5) is 34.8. The van der Waals surface area contributed by atoms with Crippen LogP contribution in [-0.2, 0) is 4.79 Å². The van der Waals surface area contributed by atoms with E-state index in [-0.39, 0.29) is 23.4 Å². The van der Waals surface area contributed by atoms with Gasteiger partial charge in [0.1, 0.15) is 22.7 Å². The number of carbonyl (C=O) groups is 1. The van der Waals surface area contributed by atoms with E-state index in [9.17, 15) is 9.59 Å². The Morgan fingerprint density at radius 1 is 1.18 bits per heavy atom. The van der Waals surface area contributed by atoms with Crippen LogP contribution in [0.25, 0.3) is 22.3 Å². The van der Waals surface area contributed by atoms with Crippen molar-refractivity contribution in [3.05, 3.63) is 45.7 Å². The lowest BCUT2D eigenvalue weighted by Crippen LogP contribution is -2.44. The average Bonchev–Trinajstić information content (AvgIpc) is 2.83. The van der Waals surface area contributed by atoms with Gasteiger partial charge in [-0.25, -0.2) is 4.98 Å². The lowest BCUT2D eigenvalue weighted by molar-refractivity contribution is -0.135. The molecule has 1 saturated heterocycles. The molecule has 0 bridgehead atoms. The molecule has 1 aliphatic heterocycles. The third-order valence-electron chi connectivity index (χ3n) is 6.10. The van der Waals surface area contributed by atoms with Crippen molar-refractivity contribution < 1.29 is 14.3 Å². The molecule has 2 heterocycles. The standard InChI is InChI=1S/C25H29ClN4O4/c1-14(2)25(32)30-9-7-16(8-10-30)27-19-11-15(26)5-6-18(19)23-28-20-12-17(33-3)13-21(34-4)22(20)24(31)29-23/h5-6,11-14,16,27H,7-10H2,1-4H3,(H,28,29,31). The van der Waals surface area contributed by atoms with Gasteiger partial charge in [0, 0.05) is 53.5 Å². The van der Waals surface area contributed by atoms with E-state index in [1.165, 1.54) is 7.11 Å². The van der Waals surface area contributed by atoms with E-state index < -0.39 is 0 Å². The van der Waals surface area contributed by atoms with Gasteiger partial charge in [0.25, 0.3) is 5.56 Å². The molecule has 8 nitrogen and oxygen atoms in total. The molecule has 34 heavy (non-hydrogen) atoms. The van der Waals surface area contributed by atoms with Crippen molar-refractivity contribution in [3.63, 3.8) is 0 Å². The molecule has 1 aliphatic rings. The molecule has 4 rings (SSSR count). The van der Waals surface area contributed by atoms with Crippen LogP contribution in [0.4, 0.5) is 5.69 Å². The van der Waals surface area contributed by atoms with Crippen molar-refractivity contribution in [1.82, 2.24) is 14.9 Å². The average molecular weight is 485 g/mol. The maximum atomic E-state index is 13.0. The van der Waals surface area contributed by atoms with E-state index in [4.69, 9.17) is 26.1 Å². The van der Waals surface area contributed by atoms with E-state index in [0.717, 1.165) is 24.1 Å². The molecule has 1 aromatic heterocycles. The van der Waals surface area contributed by atoms with E-state index in [1.807, 2.05) is 30.9 Å². The number of hydrogen-bond acceptors (Lipinski definition) is 6. The zero-order valence-electron chi connectivity index (χ0n) is 19.8. The molecular weight excluding hydrogens is 456 g/mol. The van der Waals surface area contributed by atoms with E-state index >= 15 is 0 Å². The molecule has 0 spiro atoms. The number of nitrogens with one attached hydrogen (secondary N) is 2. The van der Waals surface area contributed by atoms with Gasteiger partial charge in [-0.15, -0.1) is 0 Å². The topological polar surface area (TPSA) is 96.5 Å². The molecule has 0 atom stereocenters. The summed E-state index contributed by atoms with van der Waals surface area (Å²) < 4.78 is 10.7. The highest BCUT2D eigenvalue weighted by molar-refractivity contribution is 6.31. The monoisotopic (exact) mass is 484 g/mol. The summed E-state index contributed by atoms with van der Waals surface area (Å²) in [7, 11) is 3.05. The number of fused-ring (bicyclic) bond motifs is 1. The summed E-state index contributed by atoms with van der Waals surface area (Å²) in [6.45, 7) is 5.26. The van der Waals surface area contributed by atoms with Crippen LogP contribution in [0.5, 0.6) is 11.5 Å². The number of aromatic nitrogens is 2. The second kappa shape index (κ2) is 9.93. The van der Waals surface area contributed by atoms with Gasteiger partial charge in [-0.05, 0) is 31.0 Å². The highest BCUT2D eigenvalue weighted by Crippen LogP contribution is 2.33. The largest absolute Gasteiger partial charge is 0.497 e. The first-order valence-corrected chi connectivity index (χ1v) is 11.7. The molecule has 1 amide bonds. The molecule has 2 N–H and O–H groups in total. The zero-order chi connectivity index (χ0) is 24.4. The van der Waals surface area contributed by atoms with Gasteiger partial charge < -0.3 is 24.7 Å². The van der Waals surface area contributed by atoms with Crippen molar-refractivity contribution in [2.24, 2.45) is 5.92 Å². The van der Waals surface area contributed by atoms with Crippen LogP contribution in [0.3, 0.4) is 0 Å². The number of amides is 1. The number of H-pyrrole nitrogens is 1. The van der Waals surface area contributed by atoms with Gasteiger partial charge in [0.2, 0.25) is 5.91 Å². The summed E-state index contributed by atoms with van der Waals surface area (Å²) in [6.07, 6.45) is 1.64. The minimum atomic E-state index is -0.305. The Morgan fingerprint density at radius 2 is 1.91 bits per heavy atom. The molecule has 2 aromatic carbocycles. The van der Waals surface area contributed by atoms with Crippen LogP contribution in [0.1, 0.15) is 26.7 Å². The molecule has 1 fully saturated rings. The number of ether oxygens (including phenoxy) is 2. The maximum Gasteiger partial charge on any atom is 0.262 e. The summed E-state index contributed by atoms with van der Waals surface area (Å²) in [6, 6.07) is 8.97. The summed E-state index contributed by atoms with van der Waals surface area (Å²) in [5.41, 5.74) is 1.67. The summed E-state index contributed by atoms with van der Waals surface area (Å²) in [5.74, 6) is 1.54. The van der Waals surface area contributed by atoms with Crippen LogP contribution in [0.15, 0.2) is 35.1 Å². The maximum absolute atomic E-state index is 13.0.